The van der Waals surface area contributed by atoms with Gasteiger partial charge in [-0.3, -0.25) is 0 Å². The number of fused-ring (bicyclic) bond motifs is 5. The summed E-state index contributed by atoms with van der Waals surface area (Å²) in [6, 6.07) is 0. The average Bonchev–Trinajstić information content (AvgIpc) is 3.06. The summed E-state index contributed by atoms with van der Waals surface area (Å²) in [5.74, 6) is 4.52. The smallest absolute Gasteiger partial charge is 0.101 e. The van der Waals surface area contributed by atoms with Crippen LogP contribution < -0.4 is 0 Å². The first-order valence-corrected chi connectivity index (χ1v) is 12.8. The molecule has 9 atom stereocenters. The van der Waals surface area contributed by atoms with Crippen LogP contribution in [-0.2, 0) is 0 Å². The zero-order valence-corrected chi connectivity index (χ0v) is 20.2. The lowest BCUT2D eigenvalue weighted by atomic mass is 9.46. The summed E-state index contributed by atoms with van der Waals surface area (Å²) in [7, 11) is 0. The van der Waals surface area contributed by atoms with Gasteiger partial charge in [0.25, 0.3) is 0 Å². The van der Waals surface area contributed by atoms with E-state index < -0.39 is 12.2 Å². The van der Waals surface area contributed by atoms with Gasteiger partial charge in [-0.15, -0.1) is 0 Å². The zero-order chi connectivity index (χ0) is 21.8. The fraction of sp³-hybridized carbons (Fsp3) is 0.857. The van der Waals surface area contributed by atoms with Crippen molar-refractivity contribution in [2.24, 2.45) is 46.3 Å². The van der Waals surface area contributed by atoms with Crippen LogP contribution in [0.2, 0.25) is 0 Å². The lowest BCUT2D eigenvalue weighted by molar-refractivity contribution is -0.0800. The van der Waals surface area contributed by atoms with E-state index in [0.29, 0.717) is 17.3 Å². The number of aliphatic hydroxyl groups excluding tert-OH is 2. The zero-order valence-electron chi connectivity index (χ0n) is 20.2. The van der Waals surface area contributed by atoms with Gasteiger partial charge in [0.05, 0.1) is 6.10 Å². The predicted molar refractivity (Wildman–Crippen MR) is 125 cm³/mol. The Labute approximate surface area is 185 Å². The minimum Gasteiger partial charge on any atom is -0.390 e. The third kappa shape index (κ3) is 3.45. The molecule has 0 heterocycles. The van der Waals surface area contributed by atoms with Gasteiger partial charge in [-0.25, -0.2) is 0 Å². The van der Waals surface area contributed by atoms with Gasteiger partial charge in [0, 0.05) is 0 Å². The molecule has 2 N–H and O–H groups in total. The molecule has 0 radical (unpaired) electrons. The van der Waals surface area contributed by atoms with Crippen molar-refractivity contribution < 1.29 is 10.2 Å². The Morgan fingerprint density at radius 1 is 1.07 bits per heavy atom. The molecule has 0 bridgehead atoms. The Morgan fingerprint density at radius 2 is 1.80 bits per heavy atom. The summed E-state index contributed by atoms with van der Waals surface area (Å²) < 4.78 is 0. The van der Waals surface area contributed by atoms with Crippen LogP contribution in [0.5, 0.6) is 0 Å². The first-order valence-electron chi connectivity index (χ1n) is 12.8. The van der Waals surface area contributed by atoms with E-state index in [9.17, 15) is 10.2 Å². The number of aliphatic hydroxyl groups is 2. The van der Waals surface area contributed by atoms with E-state index in [-0.39, 0.29) is 5.41 Å². The molecule has 4 aliphatic carbocycles. The van der Waals surface area contributed by atoms with Crippen LogP contribution in [0.1, 0.15) is 92.4 Å². The van der Waals surface area contributed by atoms with Crippen molar-refractivity contribution in [3.05, 3.63) is 23.8 Å². The summed E-state index contributed by atoms with van der Waals surface area (Å²) >= 11 is 0. The summed E-state index contributed by atoms with van der Waals surface area (Å²) in [5, 5.41) is 20.9. The molecule has 2 heteroatoms. The van der Waals surface area contributed by atoms with Crippen LogP contribution in [0.15, 0.2) is 23.8 Å². The lowest BCUT2D eigenvalue weighted by Gasteiger charge is -2.59. The fourth-order valence-corrected chi connectivity index (χ4v) is 8.60. The highest BCUT2D eigenvalue weighted by atomic mass is 16.3. The molecule has 2 nitrogen and oxygen atoms in total. The number of rotatable bonds is 5. The molecular formula is C28H46O2. The molecular weight excluding hydrogens is 368 g/mol. The molecule has 0 aromatic heterocycles. The molecule has 30 heavy (non-hydrogen) atoms. The summed E-state index contributed by atoms with van der Waals surface area (Å²) in [4.78, 5) is 0. The molecule has 0 unspecified atom stereocenters. The molecule has 0 amide bonds. The molecule has 0 aliphatic heterocycles. The van der Waals surface area contributed by atoms with Gasteiger partial charge in [0.1, 0.15) is 6.10 Å². The van der Waals surface area contributed by atoms with Crippen molar-refractivity contribution in [1.29, 1.82) is 0 Å². The van der Waals surface area contributed by atoms with E-state index in [0.717, 1.165) is 42.9 Å². The van der Waals surface area contributed by atoms with Crippen molar-refractivity contribution in [3.8, 4) is 0 Å². The molecule has 4 aliphatic rings. The molecule has 3 saturated carbocycles. The van der Waals surface area contributed by atoms with E-state index in [2.05, 4.69) is 47.3 Å². The number of allylic oxidation sites excluding steroid dienone is 2. The Bertz CT molecular complexity index is 693. The van der Waals surface area contributed by atoms with Gasteiger partial charge in [0.15, 0.2) is 0 Å². The summed E-state index contributed by atoms with van der Waals surface area (Å²) in [6.45, 7) is 16.4. The molecule has 170 valence electrons. The summed E-state index contributed by atoms with van der Waals surface area (Å²) in [5.41, 5.74) is 3.16. The third-order valence-electron chi connectivity index (χ3n) is 10.7. The van der Waals surface area contributed by atoms with Gasteiger partial charge in [-0.05, 0) is 110 Å². The van der Waals surface area contributed by atoms with Crippen molar-refractivity contribution in [2.45, 2.75) is 105 Å². The van der Waals surface area contributed by atoms with Gasteiger partial charge >= 0.3 is 0 Å². The van der Waals surface area contributed by atoms with Crippen molar-refractivity contribution in [3.63, 3.8) is 0 Å². The van der Waals surface area contributed by atoms with Gasteiger partial charge in [-0.2, -0.15) is 0 Å². The minimum atomic E-state index is -0.636. The second kappa shape index (κ2) is 8.07. The van der Waals surface area contributed by atoms with Crippen LogP contribution in [-0.4, -0.2) is 22.4 Å². The fourth-order valence-electron chi connectivity index (χ4n) is 8.60. The third-order valence-corrected chi connectivity index (χ3v) is 10.7. The lowest BCUT2D eigenvalue weighted by Crippen LogP contribution is -2.53. The van der Waals surface area contributed by atoms with Crippen LogP contribution in [0, 0.1) is 46.3 Å². The Hall–Kier alpha value is -0.600. The van der Waals surface area contributed by atoms with E-state index in [1.807, 2.05) is 0 Å². The predicted octanol–water partition coefficient (Wildman–Crippen LogP) is 6.53. The van der Waals surface area contributed by atoms with E-state index in [1.165, 1.54) is 49.7 Å². The highest BCUT2D eigenvalue weighted by Gasteiger charge is 2.60. The SMILES string of the molecule is C=C(CC[C@@H](C)[C@H]1CC[C@H]2[C@@H]3CC=C4[C@H](O)[C@@H](O)CC[C@]4(C)[C@H]3CC[C@]12C)C(C)C. The standard InChI is InChI=1S/C28H46O2/c1-17(2)18(3)7-8-19(4)21-11-12-22-20-9-10-24-26(30)25(29)14-16-28(24,6)23(20)13-15-27(21,22)5/h10,17,19-23,25-26,29-30H,3,7-9,11-16H2,1-2,4-6H3/t19-,20+,21-,22+,23+,25+,26+,27-,28-/m1/s1. The molecule has 0 aromatic carbocycles. The maximum Gasteiger partial charge on any atom is 0.101 e. The van der Waals surface area contributed by atoms with Gasteiger partial charge in [0.2, 0.25) is 0 Å². The number of hydrogen-bond acceptors (Lipinski definition) is 2. The summed E-state index contributed by atoms with van der Waals surface area (Å²) in [6.07, 6.45) is 12.0. The first-order chi connectivity index (χ1) is 14.1. The molecule has 0 spiro atoms. The Kier molecular flexibility index (Phi) is 6.08. The Balaban J connectivity index is 1.51. The second-order valence-corrected chi connectivity index (χ2v) is 12.3. The average molecular weight is 415 g/mol. The van der Waals surface area contributed by atoms with E-state index in [1.54, 1.807) is 0 Å². The van der Waals surface area contributed by atoms with Gasteiger partial charge < -0.3 is 10.2 Å². The van der Waals surface area contributed by atoms with Crippen molar-refractivity contribution in [2.75, 3.05) is 0 Å². The molecule has 0 aromatic rings. The normalized spacial score (nSPS) is 46.6. The largest absolute Gasteiger partial charge is 0.390 e. The van der Waals surface area contributed by atoms with Crippen molar-refractivity contribution in [1.82, 2.24) is 0 Å². The highest BCUT2D eigenvalue weighted by molar-refractivity contribution is 5.29. The molecule has 4 rings (SSSR count). The van der Waals surface area contributed by atoms with Crippen LogP contribution >= 0.6 is 0 Å². The minimum absolute atomic E-state index is 0.0988. The highest BCUT2D eigenvalue weighted by Crippen LogP contribution is 2.67. The van der Waals surface area contributed by atoms with Crippen LogP contribution in [0.3, 0.4) is 0 Å². The topological polar surface area (TPSA) is 40.5 Å². The van der Waals surface area contributed by atoms with Crippen molar-refractivity contribution >= 4 is 0 Å². The van der Waals surface area contributed by atoms with E-state index in [4.69, 9.17) is 0 Å². The second-order valence-electron chi connectivity index (χ2n) is 12.3. The van der Waals surface area contributed by atoms with Gasteiger partial charge in [-0.1, -0.05) is 52.8 Å². The monoisotopic (exact) mass is 414 g/mol. The van der Waals surface area contributed by atoms with Crippen LogP contribution in [0.4, 0.5) is 0 Å². The molecule has 0 saturated heterocycles. The number of hydrogen-bond donors (Lipinski definition) is 2. The van der Waals surface area contributed by atoms with E-state index >= 15 is 0 Å². The first kappa shape index (κ1) is 22.6. The Morgan fingerprint density at radius 3 is 2.50 bits per heavy atom. The quantitative estimate of drug-likeness (QED) is 0.502. The maximum atomic E-state index is 10.7. The molecule has 3 fully saturated rings. The maximum absolute atomic E-state index is 10.7. The van der Waals surface area contributed by atoms with Crippen LogP contribution in [0.25, 0.3) is 0 Å².